The Labute approximate surface area is 215 Å². The molecule has 0 aliphatic rings. The third kappa shape index (κ3) is 5.44. The summed E-state index contributed by atoms with van der Waals surface area (Å²) in [6.45, 7) is 1.67. The maximum Gasteiger partial charge on any atom is 0.411 e. The Morgan fingerprint density at radius 2 is 1.73 bits per heavy atom. The highest BCUT2D eigenvalue weighted by molar-refractivity contribution is 7.90. The van der Waals surface area contributed by atoms with Crippen molar-refractivity contribution in [1.82, 2.24) is 9.29 Å². The number of aromatic nitrogens is 1. The van der Waals surface area contributed by atoms with E-state index in [1.54, 1.807) is 43.3 Å². The van der Waals surface area contributed by atoms with Crippen LogP contribution in [0.25, 0.3) is 10.9 Å². The Morgan fingerprint density at radius 3 is 2.43 bits per heavy atom. The zero-order chi connectivity index (χ0) is 26.7. The average Bonchev–Trinajstić information content (AvgIpc) is 3.18. The molecule has 0 saturated carbocycles. The number of nitrogens with zero attached hydrogens (tertiary/aromatic N) is 1. The fourth-order valence-corrected chi connectivity index (χ4v) is 5.41. The number of ether oxygens (including phenoxy) is 2. The molecule has 0 saturated heterocycles. The lowest BCUT2D eigenvalue weighted by Gasteiger charge is -2.12. The molecule has 9 nitrogen and oxygen atoms in total. The second-order valence-electron chi connectivity index (χ2n) is 8.52. The number of benzene rings is 3. The van der Waals surface area contributed by atoms with E-state index in [1.165, 1.54) is 26.4 Å². The number of amides is 2. The van der Waals surface area contributed by atoms with E-state index in [1.807, 2.05) is 29.9 Å². The first-order chi connectivity index (χ1) is 17.6. The van der Waals surface area contributed by atoms with E-state index in [0.29, 0.717) is 23.4 Å². The highest BCUT2D eigenvalue weighted by Crippen LogP contribution is 2.30. The largest absolute Gasteiger partial charge is 0.496 e. The molecule has 0 aliphatic carbocycles. The molecule has 0 bridgehead atoms. The number of hydrogen-bond donors (Lipinski definition) is 2. The van der Waals surface area contributed by atoms with E-state index in [2.05, 4.69) is 14.8 Å². The third-order valence-corrected chi connectivity index (χ3v) is 7.54. The monoisotopic (exact) mass is 521 g/mol. The van der Waals surface area contributed by atoms with Crippen LogP contribution in [-0.4, -0.2) is 39.2 Å². The maximum atomic E-state index is 12.8. The van der Waals surface area contributed by atoms with Crippen molar-refractivity contribution < 1.29 is 27.5 Å². The van der Waals surface area contributed by atoms with Crippen LogP contribution in [0.1, 0.15) is 27.0 Å². The molecule has 4 rings (SSSR count). The number of nitrogens with one attached hydrogen (secondary N) is 2. The summed E-state index contributed by atoms with van der Waals surface area (Å²) in [4.78, 5) is 24.5. The molecule has 4 aromatic rings. The Bertz CT molecular complexity index is 1610. The molecule has 37 heavy (non-hydrogen) atoms. The summed E-state index contributed by atoms with van der Waals surface area (Å²) in [6, 6.07) is 16.8. The highest BCUT2D eigenvalue weighted by Gasteiger charge is 2.21. The molecule has 1 heterocycles. The summed E-state index contributed by atoms with van der Waals surface area (Å²) in [7, 11) is 0.688. The third-order valence-electron chi connectivity index (χ3n) is 6.04. The smallest absolute Gasteiger partial charge is 0.411 e. The predicted octanol–water partition coefficient (Wildman–Crippen LogP) is 4.38. The zero-order valence-corrected chi connectivity index (χ0v) is 21.7. The number of methoxy groups -OCH3 is 2. The zero-order valence-electron chi connectivity index (χ0n) is 20.9. The van der Waals surface area contributed by atoms with Crippen LogP contribution in [0.2, 0.25) is 0 Å². The van der Waals surface area contributed by atoms with Gasteiger partial charge in [-0.1, -0.05) is 24.3 Å². The van der Waals surface area contributed by atoms with Gasteiger partial charge in [-0.05, 0) is 60.0 Å². The van der Waals surface area contributed by atoms with E-state index in [0.717, 1.165) is 22.0 Å². The maximum absolute atomic E-state index is 12.8. The van der Waals surface area contributed by atoms with Gasteiger partial charge in [0.2, 0.25) is 0 Å². The lowest BCUT2D eigenvalue weighted by atomic mass is 10.0. The minimum Gasteiger partial charge on any atom is -0.496 e. The number of carbonyl (C=O) groups excluding carboxylic acids is 2. The molecule has 0 spiro atoms. The first-order valence-electron chi connectivity index (χ1n) is 11.4. The molecule has 2 amide bonds. The molecule has 0 aliphatic heterocycles. The standard InChI is InChI=1S/C27H27N3O6S/c1-17-7-5-6-8-25(17)37(33,34)29-26(31)19-10-9-18(24(14-19)35-3)13-20-16-30(2)23-12-11-21(15-22(20)23)28-27(32)36-4/h5-12,14-16H,13H2,1-4H3,(H,28,32)(H,29,31). The van der Waals surface area contributed by atoms with Crippen LogP contribution in [0.3, 0.4) is 0 Å². The molecule has 0 atom stereocenters. The Hall–Kier alpha value is -4.31. The summed E-state index contributed by atoms with van der Waals surface area (Å²) in [5, 5.41) is 3.61. The van der Waals surface area contributed by atoms with Gasteiger partial charge in [0.05, 0.1) is 19.1 Å². The number of hydrogen-bond acceptors (Lipinski definition) is 6. The van der Waals surface area contributed by atoms with E-state index in [-0.39, 0.29) is 10.5 Å². The molecule has 0 unspecified atom stereocenters. The normalized spacial score (nSPS) is 11.2. The SMILES string of the molecule is COC(=O)Nc1ccc2c(c1)c(Cc1ccc(C(=O)NS(=O)(=O)c3ccccc3C)cc1OC)cn2C. The molecule has 2 N–H and O–H groups in total. The van der Waals surface area contributed by atoms with Crippen LogP contribution in [0.4, 0.5) is 10.5 Å². The topological polar surface area (TPSA) is 116 Å². The molecular weight excluding hydrogens is 494 g/mol. The first-order valence-corrected chi connectivity index (χ1v) is 12.8. The number of anilines is 1. The van der Waals surface area contributed by atoms with Crippen LogP contribution in [-0.2, 0) is 28.2 Å². The van der Waals surface area contributed by atoms with Crippen LogP contribution < -0.4 is 14.8 Å². The number of carbonyl (C=O) groups is 2. The molecule has 3 aromatic carbocycles. The lowest BCUT2D eigenvalue weighted by Crippen LogP contribution is -2.31. The fourth-order valence-electron chi connectivity index (χ4n) is 4.19. The van der Waals surface area contributed by atoms with E-state index >= 15 is 0 Å². The van der Waals surface area contributed by atoms with Gasteiger partial charge in [-0.25, -0.2) is 17.9 Å². The van der Waals surface area contributed by atoms with Crippen LogP contribution >= 0.6 is 0 Å². The first kappa shape index (κ1) is 25.8. The van der Waals surface area contributed by atoms with Crippen molar-refractivity contribution in [2.45, 2.75) is 18.2 Å². The van der Waals surface area contributed by atoms with Gasteiger partial charge in [0.1, 0.15) is 5.75 Å². The van der Waals surface area contributed by atoms with Crippen molar-refractivity contribution in [1.29, 1.82) is 0 Å². The summed E-state index contributed by atoms with van der Waals surface area (Å²) >= 11 is 0. The van der Waals surface area contributed by atoms with Crippen LogP contribution in [0, 0.1) is 6.92 Å². The summed E-state index contributed by atoms with van der Waals surface area (Å²) in [5.41, 5.74) is 4.04. The predicted molar refractivity (Wildman–Crippen MR) is 141 cm³/mol. The minimum absolute atomic E-state index is 0.0453. The van der Waals surface area contributed by atoms with Gasteiger partial charge in [0.25, 0.3) is 15.9 Å². The molecule has 10 heteroatoms. The molecule has 0 radical (unpaired) electrons. The Balaban J connectivity index is 1.61. The second kappa shape index (κ2) is 10.4. The molecule has 1 aromatic heterocycles. The van der Waals surface area contributed by atoms with Crippen molar-refractivity contribution >= 4 is 38.6 Å². The summed E-state index contributed by atoms with van der Waals surface area (Å²) in [5.74, 6) is -0.307. The number of sulfonamides is 1. The summed E-state index contributed by atoms with van der Waals surface area (Å²) < 4.78 is 39.8. The van der Waals surface area contributed by atoms with E-state index in [4.69, 9.17) is 4.74 Å². The van der Waals surface area contributed by atoms with Gasteiger partial charge in [0.15, 0.2) is 0 Å². The van der Waals surface area contributed by atoms with Gasteiger partial charge >= 0.3 is 6.09 Å². The minimum atomic E-state index is -4.03. The molecular formula is C27H27N3O6S. The molecule has 192 valence electrons. The van der Waals surface area contributed by atoms with E-state index in [9.17, 15) is 18.0 Å². The quantitative estimate of drug-likeness (QED) is 0.373. The number of fused-ring (bicyclic) bond motifs is 1. The van der Waals surface area contributed by atoms with Gasteiger partial charge in [-0.15, -0.1) is 0 Å². The fraction of sp³-hybridized carbons (Fsp3) is 0.185. The summed E-state index contributed by atoms with van der Waals surface area (Å²) in [6.07, 6.45) is 1.91. The number of aryl methyl sites for hydroxylation is 2. The van der Waals surface area contributed by atoms with Crippen molar-refractivity contribution in [2.75, 3.05) is 19.5 Å². The van der Waals surface area contributed by atoms with Gasteiger partial charge in [0, 0.05) is 41.8 Å². The van der Waals surface area contributed by atoms with Gasteiger partial charge < -0.3 is 14.0 Å². The van der Waals surface area contributed by atoms with E-state index < -0.39 is 22.0 Å². The Kier molecular flexibility index (Phi) is 7.21. The van der Waals surface area contributed by atoms with Crippen LogP contribution in [0.15, 0.2) is 71.8 Å². The average molecular weight is 522 g/mol. The highest BCUT2D eigenvalue weighted by atomic mass is 32.2. The van der Waals surface area contributed by atoms with Gasteiger partial charge in [-0.3, -0.25) is 10.1 Å². The lowest BCUT2D eigenvalue weighted by molar-refractivity contribution is 0.0981. The Morgan fingerprint density at radius 1 is 0.973 bits per heavy atom. The second-order valence-corrected chi connectivity index (χ2v) is 10.2. The van der Waals surface area contributed by atoms with Gasteiger partial charge in [-0.2, -0.15) is 0 Å². The van der Waals surface area contributed by atoms with Crippen molar-refractivity contribution in [2.24, 2.45) is 7.05 Å². The number of rotatable bonds is 7. The van der Waals surface area contributed by atoms with Crippen molar-refractivity contribution in [3.8, 4) is 5.75 Å². The molecule has 0 fully saturated rings. The van der Waals surface area contributed by atoms with Crippen molar-refractivity contribution in [3.63, 3.8) is 0 Å². The van der Waals surface area contributed by atoms with Crippen molar-refractivity contribution in [3.05, 3.63) is 89.1 Å². The van der Waals surface area contributed by atoms with Crippen LogP contribution in [0.5, 0.6) is 5.75 Å².